The number of hydrogen-bond acceptors (Lipinski definition) is 3. The highest BCUT2D eigenvalue weighted by Crippen LogP contribution is 2.46. The summed E-state index contributed by atoms with van der Waals surface area (Å²) in [4.78, 5) is 0.340. The quantitative estimate of drug-likeness (QED) is 0.165. The van der Waals surface area contributed by atoms with Crippen LogP contribution < -0.4 is 9.47 Å². The van der Waals surface area contributed by atoms with E-state index >= 15 is 0 Å². The van der Waals surface area contributed by atoms with E-state index in [2.05, 4.69) is 95.3 Å². The largest absolute Gasteiger partial charge is 0.488 e. The van der Waals surface area contributed by atoms with E-state index in [-0.39, 0.29) is 16.9 Å². The fraction of sp³-hybridized carbons (Fsp3) is 0.273. The van der Waals surface area contributed by atoms with Crippen molar-refractivity contribution in [1.82, 2.24) is 0 Å². The third-order valence-electron chi connectivity index (χ3n) is 7.22. The van der Waals surface area contributed by atoms with Crippen LogP contribution in [0.5, 0.6) is 17.2 Å². The first kappa shape index (κ1) is 27.6. The molecular formula is C33H36O4S. The molecule has 0 spiro atoms. The average Bonchev–Trinajstić information content (AvgIpc) is 2.91. The van der Waals surface area contributed by atoms with Crippen molar-refractivity contribution < 1.29 is 18.2 Å². The molecule has 0 aliphatic heterocycles. The maximum Gasteiger partial charge on any atom is 0.186 e. The van der Waals surface area contributed by atoms with Gasteiger partial charge in [0, 0.05) is 5.41 Å². The van der Waals surface area contributed by atoms with Crippen molar-refractivity contribution in [3.63, 3.8) is 0 Å². The summed E-state index contributed by atoms with van der Waals surface area (Å²) in [5, 5.41) is 0. The topological polar surface area (TPSA) is 55.8 Å². The number of ether oxygens (including phenoxy) is 2. The van der Waals surface area contributed by atoms with Gasteiger partial charge in [-0.3, -0.25) is 0 Å². The molecule has 4 rings (SSSR count). The normalized spacial score (nSPS) is 14.1. The average molecular weight is 529 g/mol. The van der Waals surface area contributed by atoms with Gasteiger partial charge in [-0.15, -0.1) is 0 Å². The van der Waals surface area contributed by atoms with Crippen LogP contribution in [-0.2, 0) is 16.5 Å². The van der Waals surface area contributed by atoms with Gasteiger partial charge in [-0.25, -0.2) is 4.21 Å². The molecule has 0 aromatic heterocycles. The van der Waals surface area contributed by atoms with Crippen LogP contribution in [0.1, 0.15) is 57.7 Å². The molecule has 4 nitrogen and oxygen atoms in total. The van der Waals surface area contributed by atoms with Gasteiger partial charge in [-0.1, -0.05) is 75.4 Å². The Morgan fingerprint density at radius 3 is 1.61 bits per heavy atom. The first-order valence-corrected chi connectivity index (χ1v) is 14.1. The highest BCUT2D eigenvalue weighted by atomic mass is 32.2. The van der Waals surface area contributed by atoms with Crippen molar-refractivity contribution in [3.05, 3.63) is 120 Å². The predicted octanol–water partition coefficient (Wildman–Crippen LogP) is 8.62. The fourth-order valence-electron chi connectivity index (χ4n) is 4.92. The Kier molecular flexibility index (Phi) is 8.39. The van der Waals surface area contributed by atoms with Gasteiger partial charge < -0.3 is 14.0 Å². The van der Waals surface area contributed by atoms with E-state index in [0.717, 1.165) is 12.2 Å². The standard InChI is InChI=1S/C33H36O4S/c1-6-32(4,5)37-30-18-14-27(15-19-30)33(24(2)3,25-10-8-7-9-11-25)26-12-16-28(17-13-26)36-29-20-22-31(23-21-29)38(34)35/h7-24H,6H2,1-5H3,(H,34,35). The summed E-state index contributed by atoms with van der Waals surface area (Å²) >= 11 is -2.01. The second kappa shape index (κ2) is 11.5. The lowest BCUT2D eigenvalue weighted by atomic mass is 9.63. The van der Waals surface area contributed by atoms with Crippen molar-refractivity contribution >= 4 is 11.1 Å². The summed E-state index contributed by atoms with van der Waals surface area (Å²) in [6, 6.07) is 33.9. The van der Waals surface area contributed by atoms with Crippen molar-refractivity contribution in [2.45, 2.75) is 57.0 Å². The maximum atomic E-state index is 11.2. The van der Waals surface area contributed by atoms with E-state index < -0.39 is 11.1 Å². The molecule has 2 atom stereocenters. The lowest BCUT2D eigenvalue weighted by Crippen LogP contribution is -2.35. The molecular weight excluding hydrogens is 492 g/mol. The van der Waals surface area contributed by atoms with E-state index in [1.807, 2.05) is 18.2 Å². The molecule has 4 aromatic carbocycles. The summed E-state index contributed by atoms with van der Waals surface area (Å²) in [6.45, 7) is 10.9. The minimum atomic E-state index is -2.01. The molecule has 2 unspecified atom stereocenters. The Balaban J connectivity index is 1.73. The van der Waals surface area contributed by atoms with E-state index in [0.29, 0.717) is 16.4 Å². The molecule has 0 radical (unpaired) electrons. The molecule has 1 N–H and O–H groups in total. The van der Waals surface area contributed by atoms with E-state index in [4.69, 9.17) is 9.47 Å². The summed E-state index contributed by atoms with van der Waals surface area (Å²) in [6.07, 6.45) is 0.925. The third kappa shape index (κ3) is 5.85. The molecule has 0 saturated heterocycles. The van der Waals surface area contributed by atoms with Crippen LogP contribution in [0.2, 0.25) is 0 Å². The number of benzene rings is 4. The summed E-state index contributed by atoms with van der Waals surface area (Å²) in [7, 11) is 0. The molecule has 0 amide bonds. The molecule has 198 valence electrons. The van der Waals surface area contributed by atoms with E-state index in [1.165, 1.54) is 16.7 Å². The monoisotopic (exact) mass is 528 g/mol. The highest BCUT2D eigenvalue weighted by molar-refractivity contribution is 7.79. The summed E-state index contributed by atoms with van der Waals surface area (Å²) in [5.74, 6) is 2.42. The molecule has 4 aromatic rings. The van der Waals surface area contributed by atoms with Gasteiger partial charge in [0.2, 0.25) is 0 Å². The van der Waals surface area contributed by atoms with Crippen LogP contribution in [0.15, 0.2) is 108 Å². The Labute approximate surface area is 228 Å². The van der Waals surface area contributed by atoms with Crippen LogP contribution in [0, 0.1) is 5.92 Å². The van der Waals surface area contributed by atoms with Gasteiger partial charge in [0.15, 0.2) is 11.1 Å². The van der Waals surface area contributed by atoms with Gasteiger partial charge in [-0.2, -0.15) is 0 Å². The second-order valence-corrected chi connectivity index (χ2v) is 11.4. The fourth-order valence-corrected chi connectivity index (χ4v) is 5.29. The zero-order valence-electron chi connectivity index (χ0n) is 22.7. The predicted molar refractivity (Wildman–Crippen MR) is 155 cm³/mol. The Morgan fingerprint density at radius 2 is 1.16 bits per heavy atom. The van der Waals surface area contributed by atoms with Crippen LogP contribution in [-0.4, -0.2) is 14.4 Å². The Hall–Kier alpha value is -3.41. The Morgan fingerprint density at radius 1 is 0.711 bits per heavy atom. The van der Waals surface area contributed by atoms with Gasteiger partial charge >= 0.3 is 0 Å². The Bertz CT molecular complexity index is 1350. The van der Waals surface area contributed by atoms with Crippen molar-refractivity contribution in [2.24, 2.45) is 5.92 Å². The van der Waals surface area contributed by atoms with Crippen LogP contribution >= 0.6 is 0 Å². The maximum absolute atomic E-state index is 11.2. The van der Waals surface area contributed by atoms with Crippen molar-refractivity contribution in [3.8, 4) is 17.2 Å². The van der Waals surface area contributed by atoms with Crippen molar-refractivity contribution in [1.29, 1.82) is 0 Å². The second-order valence-electron chi connectivity index (χ2n) is 10.4. The van der Waals surface area contributed by atoms with Crippen LogP contribution in [0.3, 0.4) is 0 Å². The molecule has 0 heterocycles. The van der Waals surface area contributed by atoms with Crippen LogP contribution in [0.25, 0.3) is 0 Å². The van der Waals surface area contributed by atoms with Gasteiger partial charge in [0.05, 0.1) is 4.90 Å². The molecule has 0 fully saturated rings. The molecule has 0 aliphatic carbocycles. The van der Waals surface area contributed by atoms with Gasteiger partial charge in [-0.05, 0) is 91.4 Å². The van der Waals surface area contributed by atoms with Crippen LogP contribution in [0.4, 0.5) is 0 Å². The third-order valence-corrected chi connectivity index (χ3v) is 7.90. The van der Waals surface area contributed by atoms with E-state index in [1.54, 1.807) is 24.3 Å². The number of hydrogen-bond donors (Lipinski definition) is 1. The zero-order valence-corrected chi connectivity index (χ0v) is 23.5. The summed E-state index contributed by atoms with van der Waals surface area (Å²) < 4.78 is 32.8. The zero-order chi connectivity index (χ0) is 27.3. The lowest BCUT2D eigenvalue weighted by Gasteiger charge is -2.40. The van der Waals surface area contributed by atoms with Crippen molar-refractivity contribution in [2.75, 3.05) is 0 Å². The molecule has 0 aliphatic rings. The summed E-state index contributed by atoms with van der Waals surface area (Å²) in [5.41, 5.74) is 2.98. The molecule has 5 heteroatoms. The first-order valence-electron chi connectivity index (χ1n) is 13.0. The first-order chi connectivity index (χ1) is 18.2. The van der Waals surface area contributed by atoms with E-state index in [9.17, 15) is 8.76 Å². The van der Waals surface area contributed by atoms with Gasteiger partial charge in [0.25, 0.3) is 0 Å². The molecule has 0 bridgehead atoms. The smallest absolute Gasteiger partial charge is 0.186 e. The SMILES string of the molecule is CCC(C)(C)Oc1ccc(C(c2ccccc2)(c2ccc(Oc3ccc(S(=O)O)cc3)cc2)C(C)C)cc1. The molecule has 0 saturated carbocycles. The molecule has 38 heavy (non-hydrogen) atoms. The number of rotatable bonds is 10. The minimum absolute atomic E-state index is 0.221. The highest BCUT2D eigenvalue weighted by Gasteiger charge is 2.39. The lowest BCUT2D eigenvalue weighted by molar-refractivity contribution is 0.105. The minimum Gasteiger partial charge on any atom is -0.488 e. The van der Waals surface area contributed by atoms with Gasteiger partial charge in [0.1, 0.15) is 22.8 Å².